The Morgan fingerprint density at radius 1 is 1.03 bits per heavy atom. The number of piperidine rings is 1. The molecule has 1 fully saturated rings. The number of amides is 2. The van der Waals surface area contributed by atoms with Gasteiger partial charge in [0, 0.05) is 25.7 Å². The van der Waals surface area contributed by atoms with Crippen molar-refractivity contribution in [3.05, 3.63) is 78.4 Å². The van der Waals surface area contributed by atoms with Crippen LogP contribution < -0.4 is 5.32 Å². The highest BCUT2D eigenvalue weighted by Gasteiger charge is 2.43. The Labute approximate surface area is 175 Å². The minimum atomic E-state index is -0.646. The molecule has 7 heteroatoms. The summed E-state index contributed by atoms with van der Waals surface area (Å²) in [6.07, 6.45) is 4.39. The lowest BCUT2D eigenvalue weighted by Crippen LogP contribution is -2.50. The molecule has 0 radical (unpaired) electrons. The second-order valence-electron chi connectivity index (χ2n) is 7.70. The lowest BCUT2D eigenvalue weighted by molar-refractivity contribution is -0.133. The van der Waals surface area contributed by atoms with Crippen LogP contribution in [0.15, 0.2) is 67.3 Å². The van der Waals surface area contributed by atoms with Crippen LogP contribution >= 0.6 is 0 Å². The molecule has 0 spiro atoms. The maximum Gasteiger partial charge on any atom is 0.235 e. The molecule has 0 unspecified atom stereocenters. The van der Waals surface area contributed by atoms with Gasteiger partial charge in [0.1, 0.15) is 12.7 Å². The van der Waals surface area contributed by atoms with E-state index in [0.29, 0.717) is 32.5 Å². The van der Waals surface area contributed by atoms with Gasteiger partial charge in [-0.1, -0.05) is 42.5 Å². The van der Waals surface area contributed by atoms with Crippen LogP contribution in [0, 0.1) is 0 Å². The monoisotopic (exact) mass is 403 g/mol. The zero-order valence-electron chi connectivity index (χ0n) is 17.0. The van der Waals surface area contributed by atoms with Crippen LogP contribution in [0.2, 0.25) is 0 Å². The Hall–Kier alpha value is -3.48. The fraction of sp³-hybridized carbons (Fsp3) is 0.304. The van der Waals surface area contributed by atoms with Crippen LogP contribution in [0.4, 0.5) is 5.69 Å². The van der Waals surface area contributed by atoms with Crippen molar-refractivity contribution >= 4 is 17.5 Å². The summed E-state index contributed by atoms with van der Waals surface area (Å²) in [6, 6.07) is 17.7. The van der Waals surface area contributed by atoms with Gasteiger partial charge in [0.25, 0.3) is 0 Å². The van der Waals surface area contributed by atoms with Gasteiger partial charge in [0.15, 0.2) is 0 Å². The topological polar surface area (TPSA) is 80.1 Å². The number of nitrogens with one attached hydrogen (secondary N) is 1. The van der Waals surface area contributed by atoms with E-state index in [1.807, 2.05) is 59.5 Å². The molecule has 1 N–H and O–H groups in total. The number of carbonyl (C=O) groups excluding carboxylic acids is 2. The van der Waals surface area contributed by atoms with Crippen molar-refractivity contribution in [2.45, 2.75) is 31.7 Å². The number of nitrogens with zero attached hydrogens (tertiary/aromatic N) is 4. The van der Waals surface area contributed by atoms with Crippen molar-refractivity contribution in [3.63, 3.8) is 0 Å². The van der Waals surface area contributed by atoms with Crippen molar-refractivity contribution in [1.82, 2.24) is 19.7 Å². The standard InChI is InChI=1S/C23H25N5O2/c1-18(29)27-13-11-23(12-14-27,20-5-3-2-4-6-20)22(30)26-21-9-7-19(8-10-21)15-28-17-24-16-25-28/h2-10,16-17H,11-15H2,1H3,(H,26,30). The molecule has 1 aliphatic heterocycles. The van der Waals surface area contributed by atoms with E-state index in [1.165, 1.54) is 6.33 Å². The van der Waals surface area contributed by atoms with E-state index < -0.39 is 5.41 Å². The molecular formula is C23H25N5O2. The average molecular weight is 403 g/mol. The molecule has 2 amide bonds. The fourth-order valence-electron chi connectivity index (χ4n) is 4.05. The van der Waals surface area contributed by atoms with E-state index in [1.54, 1.807) is 17.9 Å². The number of likely N-dealkylation sites (tertiary alicyclic amines) is 1. The first-order chi connectivity index (χ1) is 14.6. The predicted molar refractivity (Wildman–Crippen MR) is 114 cm³/mol. The van der Waals surface area contributed by atoms with Gasteiger partial charge in [-0.3, -0.25) is 9.59 Å². The van der Waals surface area contributed by atoms with Gasteiger partial charge in [0.2, 0.25) is 11.8 Å². The summed E-state index contributed by atoms with van der Waals surface area (Å²) in [5.41, 5.74) is 2.18. The number of hydrogen-bond acceptors (Lipinski definition) is 4. The number of anilines is 1. The molecule has 2 heterocycles. The van der Waals surface area contributed by atoms with Gasteiger partial charge < -0.3 is 10.2 Å². The number of aromatic nitrogens is 3. The molecular weight excluding hydrogens is 378 g/mol. The second kappa shape index (κ2) is 8.49. The van der Waals surface area contributed by atoms with Gasteiger partial charge in [-0.25, -0.2) is 9.67 Å². The Bertz CT molecular complexity index is 992. The molecule has 0 saturated carbocycles. The van der Waals surface area contributed by atoms with Gasteiger partial charge in [-0.05, 0) is 36.1 Å². The zero-order chi connectivity index (χ0) is 21.0. The van der Waals surface area contributed by atoms with E-state index in [9.17, 15) is 9.59 Å². The molecule has 30 heavy (non-hydrogen) atoms. The second-order valence-corrected chi connectivity index (χ2v) is 7.70. The molecule has 4 rings (SSSR count). The first kappa shape index (κ1) is 19.8. The number of hydrogen-bond donors (Lipinski definition) is 1. The van der Waals surface area contributed by atoms with Crippen LogP contribution in [0.1, 0.15) is 30.9 Å². The first-order valence-electron chi connectivity index (χ1n) is 10.1. The van der Waals surface area contributed by atoms with Crippen LogP contribution in [-0.2, 0) is 21.5 Å². The molecule has 7 nitrogen and oxygen atoms in total. The van der Waals surface area contributed by atoms with Crippen molar-refractivity contribution in [2.75, 3.05) is 18.4 Å². The fourth-order valence-corrected chi connectivity index (χ4v) is 4.05. The molecule has 0 aliphatic carbocycles. The van der Waals surface area contributed by atoms with Gasteiger partial charge in [-0.15, -0.1) is 0 Å². The molecule has 154 valence electrons. The smallest absolute Gasteiger partial charge is 0.235 e. The molecule has 3 aromatic rings. The maximum atomic E-state index is 13.5. The maximum absolute atomic E-state index is 13.5. The highest BCUT2D eigenvalue weighted by Crippen LogP contribution is 2.37. The normalized spacial score (nSPS) is 15.6. The third kappa shape index (κ3) is 4.10. The summed E-state index contributed by atoms with van der Waals surface area (Å²) in [5.74, 6) is 0.0287. The van der Waals surface area contributed by atoms with E-state index in [-0.39, 0.29) is 11.8 Å². The van der Waals surface area contributed by atoms with Gasteiger partial charge in [0.05, 0.1) is 12.0 Å². The molecule has 0 atom stereocenters. The van der Waals surface area contributed by atoms with E-state index >= 15 is 0 Å². The van der Waals surface area contributed by atoms with Crippen molar-refractivity contribution in [2.24, 2.45) is 0 Å². The van der Waals surface area contributed by atoms with Gasteiger partial charge in [-0.2, -0.15) is 5.10 Å². The van der Waals surface area contributed by atoms with Crippen molar-refractivity contribution in [1.29, 1.82) is 0 Å². The van der Waals surface area contributed by atoms with Crippen LogP contribution in [0.5, 0.6) is 0 Å². The number of rotatable bonds is 5. The summed E-state index contributed by atoms with van der Waals surface area (Å²) in [4.78, 5) is 31.0. The Balaban J connectivity index is 1.52. The molecule has 1 saturated heterocycles. The Morgan fingerprint density at radius 3 is 2.33 bits per heavy atom. The molecule has 1 aromatic heterocycles. The lowest BCUT2D eigenvalue weighted by Gasteiger charge is -2.40. The van der Waals surface area contributed by atoms with Crippen molar-refractivity contribution in [3.8, 4) is 0 Å². The summed E-state index contributed by atoms with van der Waals surface area (Å²) >= 11 is 0. The number of benzene rings is 2. The minimum absolute atomic E-state index is 0.0269. The molecule has 0 bridgehead atoms. The third-order valence-electron chi connectivity index (χ3n) is 5.85. The highest BCUT2D eigenvalue weighted by atomic mass is 16.2. The van der Waals surface area contributed by atoms with E-state index in [0.717, 1.165) is 16.8 Å². The summed E-state index contributed by atoms with van der Waals surface area (Å²) in [5, 5.41) is 7.22. The highest BCUT2D eigenvalue weighted by molar-refractivity contribution is 5.99. The van der Waals surface area contributed by atoms with Crippen LogP contribution in [0.3, 0.4) is 0 Å². The average Bonchev–Trinajstić information content (AvgIpc) is 3.29. The Morgan fingerprint density at radius 2 is 1.73 bits per heavy atom. The van der Waals surface area contributed by atoms with Crippen molar-refractivity contribution < 1.29 is 9.59 Å². The lowest BCUT2D eigenvalue weighted by atomic mass is 9.72. The Kier molecular flexibility index (Phi) is 5.61. The largest absolute Gasteiger partial charge is 0.343 e. The summed E-state index contributed by atoms with van der Waals surface area (Å²) in [6.45, 7) is 3.36. The third-order valence-corrected chi connectivity index (χ3v) is 5.85. The number of carbonyl (C=O) groups is 2. The van der Waals surface area contributed by atoms with E-state index in [4.69, 9.17) is 0 Å². The van der Waals surface area contributed by atoms with Crippen LogP contribution in [0.25, 0.3) is 0 Å². The zero-order valence-corrected chi connectivity index (χ0v) is 17.0. The minimum Gasteiger partial charge on any atom is -0.343 e. The van der Waals surface area contributed by atoms with Gasteiger partial charge >= 0.3 is 0 Å². The van der Waals surface area contributed by atoms with Crippen LogP contribution in [-0.4, -0.2) is 44.6 Å². The SMILES string of the molecule is CC(=O)N1CCC(C(=O)Nc2ccc(Cn3cncn3)cc2)(c2ccccc2)CC1. The molecule has 2 aromatic carbocycles. The predicted octanol–water partition coefficient (Wildman–Crippen LogP) is 2.85. The summed E-state index contributed by atoms with van der Waals surface area (Å²) in [7, 11) is 0. The summed E-state index contributed by atoms with van der Waals surface area (Å²) < 4.78 is 1.75. The van der Waals surface area contributed by atoms with E-state index in [2.05, 4.69) is 15.4 Å². The molecule has 1 aliphatic rings. The first-order valence-corrected chi connectivity index (χ1v) is 10.1. The quantitative estimate of drug-likeness (QED) is 0.710.